The molecule has 0 aromatic carbocycles. The zero-order chi connectivity index (χ0) is 13.1. The summed E-state index contributed by atoms with van der Waals surface area (Å²) < 4.78 is 0.825. The second kappa shape index (κ2) is 5.89. The summed E-state index contributed by atoms with van der Waals surface area (Å²) in [6, 6.07) is 1.66. The highest BCUT2D eigenvalue weighted by Gasteiger charge is 2.30. The molecule has 0 radical (unpaired) electrons. The van der Waals surface area contributed by atoms with E-state index in [1.54, 1.807) is 19.3 Å². The Kier molecular flexibility index (Phi) is 4.45. The van der Waals surface area contributed by atoms with Gasteiger partial charge in [-0.15, -0.1) is 0 Å². The van der Waals surface area contributed by atoms with Crippen LogP contribution < -0.4 is 10.2 Å². The summed E-state index contributed by atoms with van der Waals surface area (Å²) in [5, 5.41) is 3.30. The molecule has 1 amide bonds. The first-order valence-electron chi connectivity index (χ1n) is 5.92. The molecule has 1 saturated heterocycles. The minimum Gasteiger partial charge on any atom is -0.357 e. The second-order valence-electron chi connectivity index (χ2n) is 4.28. The molecule has 1 aliphatic heterocycles. The number of aromatic nitrogens is 1. The van der Waals surface area contributed by atoms with E-state index in [9.17, 15) is 4.79 Å². The monoisotopic (exact) mass is 331 g/mol. The fraction of sp³-hybridized carbons (Fsp3) is 0.500. The largest absolute Gasteiger partial charge is 0.357 e. The maximum atomic E-state index is 11.9. The number of carbonyl (C=O) groups excluding carboxylic acids is 1. The first kappa shape index (κ1) is 13.6. The van der Waals surface area contributed by atoms with Gasteiger partial charge in [-0.3, -0.25) is 4.79 Å². The molecule has 1 aliphatic rings. The van der Waals surface area contributed by atoms with Gasteiger partial charge in [-0.25, -0.2) is 4.98 Å². The summed E-state index contributed by atoms with van der Waals surface area (Å²) in [7, 11) is 1.67. The van der Waals surface area contributed by atoms with Crippen molar-refractivity contribution in [2.45, 2.75) is 25.3 Å². The van der Waals surface area contributed by atoms with E-state index in [-0.39, 0.29) is 11.9 Å². The van der Waals surface area contributed by atoms with Gasteiger partial charge in [-0.05, 0) is 41.3 Å². The molecular formula is C12H15BrClN3O. The Bertz CT molecular complexity index is 455. The Morgan fingerprint density at radius 3 is 3.06 bits per heavy atom. The van der Waals surface area contributed by atoms with E-state index in [2.05, 4.69) is 26.2 Å². The smallest absolute Gasteiger partial charge is 0.242 e. The van der Waals surface area contributed by atoms with Crippen LogP contribution in [0.2, 0.25) is 5.02 Å². The Morgan fingerprint density at radius 2 is 2.39 bits per heavy atom. The van der Waals surface area contributed by atoms with Crippen LogP contribution in [0.1, 0.15) is 19.3 Å². The van der Waals surface area contributed by atoms with Crippen molar-refractivity contribution in [1.29, 1.82) is 0 Å². The number of rotatable bonds is 2. The molecule has 1 atom stereocenters. The second-order valence-corrected chi connectivity index (χ2v) is 5.57. The number of halogens is 2. The number of carbonyl (C=O) groups is 1. The third kappa shape index (κ3) is 2.78. The number of nitrogens with one attached hydrogen (secondary N) is 1. The fourth-order valence-electron chi connectivity index (χ4n) is 2.24. The van der Waals surface area contributed by atoms with Crippen LogP contribution in [0.4, 0.5) is 5.82 Å². The molecule has 98 valence electrons. The van der Waals surface area contributed by atoms with Crippen LogP contribution in [0.25, 0.3) is 0 Å². The highest BCUT2D eigenvalue weighted by atomic mass is 79.9. The SMILES string of the molecule is CNC(=O)C1CCCCN1c1ncc(Cl)cc1Br. The summed E-state index contributed by atoms with van der Waals surface area (Å²) in [5.74, 6) is 0.825. The van der Waals surface area contributed by atoms with E-state index in [0.29, 0.717) is 5.02 Å². The summed E-state index contributed by atoms with van der Waals surface area (Å²) in [4.78, 5) is 18.3. The highest BCUT2D eigenvalue weighted by Crippen LogP contribution is 2.31. The third-order valence-electron chi connectivity index (χ3n) is 3.11. The minimum atomic E-state index is -0.145. The first-order valence-corrected chi connectivity index (χ1v) is 7.10. The lowest BCUT2D eigenvalue weighted by Crippen LogP contribution is -2.49. The van der Waals surface area contributed by atoms with Gasteiger partial charge in [0, 0.05) is 19.8 Å². The first-order chi connectivity index (χ1) is 8.63. The molecule has 4 nitrogen and oxygen atoms in total. The van der Waals surface area contributed by atoms with Crippen LogP contribution in [-0.4, -0.2) is 30.5 Å². The van der Waals surface area contributed by atoms with Crippen LogP contribution >= 0.6 is 27.5 Å². The lowest BCUT2D eigenvalue weighted by molar-refractivity contribution is -0.122. The van der Waals surface area contributed by atoms with Crippen molar-refractivity contribution in [3.63, 3.8) is 0 Å². The van der Waals surface area contributed by atoms with Crippen molar-refractivity contribution in [3.8, 4) is 0 Å². The van der Waals surface area contributed by atoms with E-state index in [1.165, 1.54) is 0 Å². The number of likely N-dealkylation sites (N-methyl/N-ethyl adjacent to an activating group) is 1. The average molecular weight is 333 g/mol. The van der Waals surface area contributed by atoms with Gasteiger partial charge in [0.05, 0.1) is 9.50 Å². The number of hydrogen-bond acceptors (Lipinski definition) is 3. The molecule has 1 fully saturated rings. The van der Waals surface area contributed by atoms with Crippen LogP contribution in [-0.2, 0) is 4.79 Å². The summed E-state index contributed by atoms with van der Waals surface area (Å²) in [6.45, 7) is 0.839. The quantitative estimate of drug-likeness (QED) is 0.905. The lowest BCUT2D eigenvalue weighted by atomic mass is 10.0. The van der Waals surface area contributed by atoms with E-state index < -0.39 is 0 Å². The molecule has 6 heteroatoms. The normalized spacial score (nSPS) is 19.7. The lowest BCUT2D eigenvalue weighted by Gasteiger charge is -2.35. The van der Waals surface area contributed by atoms with E-state index >= 15 is 0 Å². The fourth-order valence-corrected chi connectivity index (χ4v) is 3.11. The maximum absolute atomic E-state index is 11.9. The van der Waals surface area contributed by atoms with E-state index in [4.69, 9.17) is 11.6 Å². The third-order valence-corrected chi connectivity index (χ3v) is 3.90. The van der Waals surface area contributed by atoms with Crippen LogP contribution in [0.5, 0.6) is 0 Å². The summed E-state index contributed by atoms with van der Waals surface area (Å²) in [6.07, 6.45) is 4.61. The van der Waals surface area contributed by atoms with Crippen LogP contribution in [0.15, 0.2) is 16.7 Å². The molecule has 0 spiro atoms. The average Bonchev–Trinajstić information content (AvgIpc) is 2.38. The highest BCUT2D eigenvalue weighted by molar-refractivity contribution is 9.10. The van der Waals surface area contributed by atoms with Crippen molar-refractivity contribution >= 4 is 39.3 Å². The molecule has 1 aromatic rings. The van der Waals surface area contributed by atoms with Crippen molar-refractivity contribution in [2.24, 2.45) is 0 Å². The van der Waals surface area contributed by atoms with Crippen molar-refractivity contribution in [2.75, 3.05) is 18.5 Å². The van der Waals surface area contributed by atoms with Gasteiger partial charge in [0.1, 0.15) is 11.9 Å². The number of anilines is 1. The molecule has 18 heavy (non-hydrogen) atoms. The van der Waals surface area contributed by atoms with Crippen molar-refractivity contribution in [1.82, 2.24) is 10.3 Å². The molecular weight excluding hydrogens is 318 g/mol. The van der Waals surface area contributed by atoms with E-state index in [1.807, 2.05) is 4.90 Å². The Hall–Kier alpha value is -0.810. The molecule has 0 saturated carbocycles. The zero-order valence-corrected chi connectivity index (χ0v) is 12.5. The van der Waals surface area contributed by atoms with Gasteiger partial charge in [-0.2, -0.15) is 0 Å². The molecule has 1 N–H and O–H groups in total. The number of amides is 1. The van der Waals surface area contributed by atoms with Crippen molar-refractivity contribution < 1.29 is 4.79 Å². The topological polar surface area (TPSA) is 45.2 Å². The van der Waals surface area contributed by atoms with Gasteiger partial charge < -0.3 is 10.2 Å². The van der Waals surface area contributed by atoms with E-state index in [0.717, 1.165) is 36.1 Å². The molecule has 1 aromatic heterocycles. The molecule has 2 heterocycles. The summed E-state index contributed by atoms with van der Waals surface area (Å²) >= 11 is 9.35. The van der Waals surface area contributed by atoms with Gasteiger partial charge >= 0.3 is 0 Å². The van der Waals surface area contributed by atoms with Gasteiger partial charge in [0.25, 0.3) is 0 Å². The number of piperidine rings is 1. The Labute approximate surface area is 120 Å². The molecule has 0 bridgehead atoms. The van der Waals surface area contributed by atoms with Gasteiger partial charge in [0.15, 0.2) is 0 Å². The van der Waals surface area contributed by atoms with Gasteiger partial charge in [-0.1, -0.05) is 11.6 Å². The number of nitrogens with zero attached hydrogens (tertiary/aromatic N) is 2. The summed E-state index contributed by atoms with van der Waals surface area (Å²) in [5.41, 5.74) is 0. The minimum absolute atomic E-state index is 0.0401. The molecule has 0 aliphatic carbocycles. The van der Waals surface area contributed by atoms with Gasteiger partial charge in [0.2, 0.25) is 5.91 Å². The predicted octanol–water partition coefficient (Wildman–Crippen LogP) is 2.60. The van der Waals surface area contributed by atoms with Crippen LogP contribution in [0.3, 0.4) is 0 Å². The zero-order valence-electron chi connectivity index (χ0n) is 10.1. The number of pyridine rings is 1. The Morgan fingerprint density at radius 1 is 1.61 bits per heavy atom. The predicted molar refractivity (Wildman–Crippen MR) is 76.0 cm³/mol. The Balaban J connectivity index is 2.30. The van der Waals surface area contributed by atoms with Crippen molar-refractivity contribution in [3.05, 3.63) is 21.8 Å². The maximum Gasteiger partial charge on any atom is 0.242 e. The molecule has 2 rings (SSSR count). The number of hydrogen-bond donors (Lipinski definition) is 1. The van der Waals surface area contributed by atoms with Crippen LogP contribution in [0, 0.1) is 0 Å². The standard InChI is InChI=1S/C12H15BrClN3O/c1-15-12(18)10-4-2-3-5-17(10)11-9(13)6-8(14)7-16-11/h6-7,10H,2-5H2,1H3,(H,15,18). The molecule has 1 unspecified atom stereocenters.